The standard InChI is InChI=1S/C104H81B2N5S/c1-103(2,3)75-58-52-73(53-59-75)85-45-31-46-86(74-54-60-76(61-55-74)104(4,5)6)102(85)111-94-69-98-90(68-89(94)105-87-47-26-29-50-92(87)109(79-40-21-11-22-41-79)95-64-82(65-96(111)100(95)105)107(77-36-17-9-18-37-77)78-38-19-10-20-39-78)106-88-48-27-30-51-93(88)110(80-42-23-12-24-43-80)97-66-83(67-99(112-98)101(97)106)108(81-62-56-71(57-63-81)70-32-13-7-14-33-70)91-49-28-25-44-84(91)72-34-15-8-16-35-72/h7-69H,1-6H3. The van der Waals surface area contributed by atoms with Crippen molar-refractivity contribution in [1.82, 2.24) is 0 Å². The molecule has 0 aromatic heterocycles. The van der Waals surface area contributed by atoms with Gasteiger partial charge in [-0.05, 0) is 186 Å². The van der Waals surface area contributed by atoms with E-state index < -0.39 is 0 Å². The topological polar surface area (TPSA) is 16.2 Å². The van der Waals surface area contributed by atoms with E-state index in [9.17, 15) is 0 Å². The monoisotopic (exact) mass is 1450 g/mol. The fourth-order valence-electron chi connectivity index (χ4n) is 17.9. The molecule has 0 spiro atoms. The first-order valence-corrected chi connectivity index (χ1v) is 39.9. The Balaban J connectivity index is 0.901. The molecule has 4 heterocycles. The van der Waals surface area contributed by atoms with E-state index in [0.29, 0.717) is 0 Å². The number of para-hydroxylation sites is 8. The van der Waals surface area contributed by atoms with Crippen molar-refractivity contribution in [3.63, 3.8) is 0 Å². The van der Waals surface area contributed by atoms with Gasteiger partial charge in [0, 0.05) is 94.7 Å². The number of rotatable bonds is 13. The van der Waals surface area contributed by atoms with Gasteiger partial charge in [-0.25, -0.2) is 0 Å². The summed E-state index contributed by atoms with van der Waals surface area (Å²) in [7, 11) is 0. The third-order valence-electron chi connectivity index (χ3n) is 23.2. The molecule has 0 bridgehead atoms. The van der Waals surface area contributed by atoms with Crippen LogP contribution in [0.25, 0.3) is 44.5 Å². The Morgan fingerprint density at radius 2 is 0.643 bits per heavy atom. The number of fused-ring (bicyclic) bond motifs is 8. The Labute approximate surface area is 663 Å². The summed E-state index contributed by atoms with van der Waals surface area (Å²) in [5, 5.41) is 0. The van der Waals surface area contributed by atoms with Crippen molar-refractivity contribution >= 4 is 143 Å². The van der Waals surface area contributed by atoms with Gasteiger partial charge in [0.15, 0.2) is 0 Å². The molecular weight excluding hydrogens is 1370 g/mol. The summed E-state index contributed by atoms with van der Waals surface area (Å²) in [6.45, 7) is 13.5. The SMILES string of the molecule is CC(C)(C)c1ccc(-c2cccc(-c3ccc(C(C)(C)C)cc3)c2N2c3cc4c(cc3B3c5ccccc5N(c5ccccc5)c5cc(N(c6ccccc6)c6ccccc6)cc2c53)B2c3ccccc3N(c3ccccc3)c3cc(N(c5ccc(-c6ccccc6)cc5)c5ccccc5-c5ccccc5)cc(c32)S4)cc1. The molecule has 5 nitrogen and oxygen atoms in total. The van der Waals surface area contributed by atoms with Gasteiger partial charge in [0.2, 0.25) is 6.71 Å². The molecule has 0 saturated carbocycles. The molecule has 8 heteroatoms. The molecule has 4 aliphatic heterocycles. The van der Waals surface area contributed by atoms with E-state index in [2.05, 4.69) is 448 Å². The maximum absolute atomic E-state index is 2.73. The van der Waals surface area contributed by atoms with Gasteiger partial charge in [0.05, 0.1) is 17.1 Å². The van der Waals surface area contributed by atoms with Gasteiger partial charge in [0.25, 0.3) is 6.71 Å². The largest absolute Gasteiger partial charge is 0.311 e. The Kier molecular flexibility index (Phi) is 16.8. The van der Waals surface area contributed by atoms with Gasteiger partial charge < -0.3 is 24.5 Å². The van der Waals surface area contributed by atoms with Crippen LogP contribution in [-0.4, -0.2) is 13.4 Å². The van der Waals surface area contributed by atoms with Crippen LogP contribution in [0, 0.1) is 0 Å². The smallest absolute Gasteiger partial charge is 0.252 e. The van der Waals surface area contributed by atoms with Gasteiger partial charge in [0.1, 0.15) is 0 Å². The molecule has 0 N–H and O–H groups in total. The third kappa shape index (κ3) is 11.7. The molecule has 0 amide bonds. The first kappa shape index (κ1) is 68.3. The zero-order chi connectivity index (χ0) is 75.3. The summed E-state index contributed by atoms with van der Waals surface area (Å²) in [5.41, 5.74) is 35.8. The molecule has 20 rings (SSSR count). The highest BCUT2D eigenvalue weighted by Crippen LogP contribution is 2.55. The van der Waals surface area contributed by atoms with Gasteiger partial charge >= 0.3 is 0 Å². The Hall–Kier alpha value is -13.0. The fourth-order valence-corrected chi connectivity index (χ4v) is 19.1. The molecule has 0 saturated heterocycles. The quantitative estimate of drug-likeness (QED) is 0.106. The molecular formula is C104H81B2N5S. The van der Waals surface area contributed by atoms with E-state index in [1.54, 1.807) is 0 Å². The molecule has 0 fully saturated rings. The van der Waals surface area contributed by atoms with Crippen LogP contribution in [0.2, 0.25) is 0 Å². The van der Waals surface area contributed by atoms with E-state index in [1.165, 1.54) is 59.3 Å². The van der Waals surface area contributed by atoms with Crippen molar-refractivity contribution in [2.75, 3.05) is 24.5 Å². The summed E-state index contributed by atoms with van der Waals surface area (Å²) in [6, 6.07) is 144. The fraction of sp³-hybridized carbons (Fsp3) is 0.0769. The Morgan fingerprint density at radius 3 is 1.17 bits per heavy atom. The van der Waals surface area contributed by atoms with Crippen LogP contribution < -0.4 is 57.3 Å². The lowest BCUT2D eigenvalue weighted by Gasteiger charge is -2.46. The van der Waals surface area contributed by atoms with Gasteiger partial charge in [-0.15, -0.1) is 0 Å². The minimum Gasteiger partial charge on any atom is -0.311 e. The number of nitrogens with zero attached hydrogens (tertiary/aromatic N) is 5. The first-order valence-electron chi connectivity index (χ1n) is 39.1. The molecule has 112 heavy (non-hydrogen) atoms. The summed E-state index contributed by atoms with van der Waals surface area (Å²) in [4.78, 5) is 15.2. The summed E-state index contributed by atoms with van der Waals surface area (Å²) in [5.74, 6) is 0. The van der Waals surface area contributed by atoms with Crippen LogP contribution in [-0.2, 0) is 10.8 Å². The lowest BCUT2D eigenvalue weighted by molar-refractivity contribution is 0.590. The predicted molar refractivity (Wildman–Crippen MR) is 479 cm³/mol. The number of anilines is 15. The van der Waals surface area contributed by atoms with E-state index >= 15 is 0 Å². The minimum absolute atomic E-state index is 0.0582. The molecule has 0 atom stereocenters. The van der Waals surface area contributed by atoms with E-state index in [4.69, 9.17) is 0 Å². The highest BCUT2D eigenvalue weighted by atomic mass is 32.2. The maximum atomic E-state index is 2.73. The van der Waals surface area contributed by atoms with Crippen molar-refractivity contribution in [3.05, 3.63) is 393 Å². The van der Waals surface area contributed by atoms with Crippen LogP contribution in [0.5, 0.6) is 0 Å². The summed E-state index contributed by atoms with van der Waals surface area (Å²) < 4.78 is 0. The third-order valence-corrected chi connectivity index (χ3v) is 24.3. The Bertz CT molecular complexity index is 6130. The second-order valence-electron chi connectivity index (χ2n) is 32.0. The molecule has 0 aliphatic carbocycles. The van der Waals surface area contributed by atoms with E-state index in [1.807, 2.05) is 11.8 Å². The summed E-state index contributed by atoms with van der Waals surface area (Å²) >= 11 is 1.92. The van der Waals surface area contributed by atoms with E-state index in [0.717, 1.165) is 124 Å². The highest BCUT2D eigenvalue weighted by molar-refractivity contribution is 8.00. The molecule has 534 valence electrons. The molecule has 16 aromatic rings. The highest BCUT2D eigenvalue weighted by Gasteiger charge is 2.48. The predicted octanol–water partition coefficient (Wildman–Crippen LogP) is 24.7. The average molecular weight is 1450 g/mol. The van der Waals surface area contributed by atoms with Crippen LogP contribution in [0.1, 0.15) is 52.7 Å². The molecule has 16 aromatic carbocycles. The van der Waals surface area contributed by atoms with Crippen molar-refractivity contribution in [2.45, 2.75) is 62.2 Å². The second-order valence-corrected chi connectivity index (χ2v) is 33.1. The summed E-state index contributed by atoms with van der Waals surface area (Å²) in [6.07, 6.45) is 0. The second kappa shape index (κ2) is 27.5. The van der Waals surface area contributed by atoms with Crippen LogP contribution in [0.15, 0.2) is 392 Å². The average Bonchev–Trinajstić information content (AvgIpc) is 0.687. The zero-order valence-corrected chi connectivity index (χ0v) is 64.5. The van der Waals surface area contributed by atoms with Gasteiger partial charge in [-0.3, -0.25) is 0 Å². The van der Waals surface area contributed by atoms with Gasteiger partial charge in [-0.1, -0.05) is 332 Å². The van der Waals surface area contributed by atoms with Gasteiger partial charge in [-0.2, -0.15) is 0 Å². The Morgan fingerprint density at radius 1 is 0.250 bits per heavy atom. The van der Waals surface area contributed by atoms with E-state index in [-0.39, 0.29) is 24.3 Å². The molecule has 0 radical (unpaired) electrons. The van der Waals surface area contributed by atoms with Crippen molar-refractivity contribution in [1.29, 1.82) is 0 Å². The normalized spacial score (nSPS) is 13.0. The first-order chi connectivity index (χ1) is 54.9. The minimum atomic E-state index is -0.221. The van der Waals surface area contributed by atoms with Crippen LogP contribution in [0.3, 0.4) is 0 Å². The van der Waals surface area contributed by atoms with Crippen molar-refractivity contribution in [3.8, 4) is 44.5 Å². The number of hydrogen-bond acceptors (Lipinski definition) is 6. The lowest BCUT2D eigenvalue weighted by Crippen LogP contribution is -2.64. The maximum Gasteiger partial charge on any atom is 0.252 e. The van der Waals surface area contributed by atoms with Crippen LogP contribution in [0.4, 0.5) is 85.3 Å². The van der Waals surface area contributed by atoms with Crippen molar-refractivity contribution in [2.24, 2.45) is 0 Å². The number of benzene rings is 16. The van der Waals surface area contributed by atoms with Crippen molar-refractivity contribution < 1.29 is 0 Å². The number of hydrogen-bond donors (Lipinski definition) is 0. The zero-order valence-electron chi connectivity index (χ0n) is 63.7. The molecule has 4 aliphatic rings. The lowest BCUT2D eigenvalue weighted by atomic mass is 9.31. The van der Waals surface area contributed by atoms with Crippen LogP contribution >= 0.6 is 11.8 Å². The molecule has 0 unspecified atom stereocenters.